The maximum atomic E-state index is 2.57. The number of hydrogen-bond donors (Lipinski definition) is 0. The molecule has 1 fully saturated rings. The predicted octanol–water partition coefficient (Wildman–Crippen LogP) is 14.2. The van der Waals surface area contributed by atoms with Crippen molar-refractivity contribution in [3.8, 4) is 11.4 Å². The maximum absolute atomic E-state index is 2.57. The molecule has 0 spiro atoms. The maximum Gasteiger partial charge on any atom is 0.142 e. The number of benzene rings is 10. The van der Waals surface area contributed by atoms with E-state index in [4.69, 9.17) is 0 Å². The van der Waals surface area contributed by atoms with Crippen LogP contribution in [0.2, 0.25) is 0 Å². The first-order valence-corrected chi connectivity index (χ1v) is 20.9. The Morgan fingerprint density at radius 3 is 1.62 bits per heavy atom. The van der Waals surface area contributed by atoms with Gasteiger partial charge >= 0.3 is 0 Å². The van der Waals surface area contributed by atoms with Crippen molar-refractivity contribution in [3.05, 3.63) is 223 Å². The average molecular weight is 765 g/mol. The lowest BCUT2D eigenvalue weighted by Crippen LogP contribution is -2.09. The standard InChI is InChI=1S/C56H36N4/c1-3-17-37(18-4-1)55-44-25-13-14-26-48(44)59-56(60(55)59)43-29-32-47(42-24-12-11-23-41(42)43)58-50-31-28-36-16-8-10-22-40(36)54(50)46-33-45-51(34-52(46)58)57(38-19-5-2-6-20-38)49-30-27-35-15-7-9-21-39(35)53(45)49/h1-34,55-56H. The zero-order chi connectivity index (χ0) is 39.1. The molecule has 0 radical (unpaired) electrons. The Kier molecular flexibility index (Phi) is 6.44. The Hall–Kier alpha value is -7.66. The van der Waals surface area contributed by atoms with Gasteiger partial charge < -0.3 is 9.13 Å². The second-order valence-electron chi connectivity index (χ2n) is 16.4. The molecule has 0 saturated carbocycles. The normalized spacial score (nSPS) is 17.1. The van der Waals surface area contributed by atoms with E-state index in [0.717, 1.165) is 5.69 Å². The molecule has 0 bridgehead atoms. The molecule has 14 rings (SSSR count). The highest BCUT2D eigenvalue weighted by molar-refractivity contribution is 6.28. The van der Waals surface area contributed by atoms with E-state index in [1.165, 1.54) is 104 Å². The monoisotopic (exact) mass is 764 g/mol. The van der Waals surface area contributed by atoms with Crippen LogP contribution in [0.4, 0.5) is 5.69 Å². The van der Waals surface area contributed by atoms with E-state index in [1.807, 2.05) is 0 Å². The minimum Gasteiger partial charge on any atom is -0.309 e. The summed E-state index contributed by atoms with van der Waals surface area (Å²) in [6, 6.07) is 76.6. The summed E-state index contributed by atoms with van der Waals surface area (Å²) in [4.78, 5) is 0. The number of hydrogen-bond acceptors (Lipinski definition) is 2. The van der Waals surface area contributed by atoms with Crippen LogP contribution in [0.3, 0.4) is 0 Å². The van der Waals surface area contributed by atoms with Gasteiger partial charge in [0.25, 0.3) is 0 Å². The van der Waals surface area contributed by atoms with Crippen LogP contribution in [0, 0.1) is 0 Å². The highest BCUT2D eigenvalue weighted by Crippen LogP contribution is 2.61. The number of fused-ring (bicyclic) bond motifs is 14. The molecule has 1 saturated heterocycles. The second kappa shape index (κ2) is 12.0. The van der Waals surface area contributed by atoms with Crippen LogP contribution < -0.4 is 5.01 Å². The van der Waals surface area contributed by atoms with Crippen LogP contribution in [0.1, 0.15) is 28.9 Å². The summed E-state index contributed by atoms with van der Waals surface area (Å²) < 4.78 is 5.01. The van der Waals surface area contributed by atoms with E-state index in [-0.39, 0.29) is 12.2 Å². The molecular formula is C56H36N4. The van der Waals surface area contributed by atoms with Crippen molar-refractivity contribution in [3.63, 3.8) is 0 Å². The largest absolute Gasteiger partial charge is 0.309 e. The van der Waals surface area contributed by atoms with E-state index in [0.29, 0.717) is 0 Å². The Bertz CT molecular complexity index is 3750. The molecule has 2 aliphatic rings. The Balaban J connectivity index is 1.06. The van der Waals surface area contributed by atoms with Crippen molar-refractivity contribution in [1.29, 1.82) is 0 Å². The van der Waals surface area contributed by atoms with Gasteiger partial charge in [0.2, 0.25) is 0 Å². The van der Waals surface area contributed by atoms with Gasteiger partial charge in [-0.05, 0) is 81.0 Å². The van der Waals surface area contributed by atoms with Gasteiger partial charge in [-0.15, -0.1) is 0 Å². The van der Waals surface area contributed by atoms with Crippen molar-refractivity contribution in [1.82, 2.24) is 14.1 Å². The first-order chi connectivity index (χ1) is 29.8. The van der Waals surface area contributed by atoms with E-state index in [1.54, 1.807) is 0 Å². The van der Waals surface area contributed by atoms with Gasteiger partial charge in [0.05, 0.1) is 39.5 Å². The molecule has 4 heterocycles. The minimum absolute atomic E-state index is 0.141. The van der Waals surface area contributed by atoms with Crippen molar-refractivity contribution in [2.45, 2.75) is 12.2 Å². The number of nitrogens with zero attached hydrogens (tertiary/aromatic N) is 4. The highest BCUT2D eigenvalue weighted by atomic mass is 15.9. The Labute approximate surface area is 345 Å². The number of para-hydroxylation sites is 2. The molecule has 4 nitrogen and oxygen atoms in total. The summed E-state index contributed by atoms with van der Waals surface area (Å²) in [6.07, 6.45) is 0.141. The molecule has 0 N–H and O–H groups in total. The first kappa shape index (κ1) is 32.3. The van der Waals surface area contributed by atoms with Gasteiger partial charge in [-0.2, -0.15) is 5.01 Å². The zero-order valence-corrected chi connectivity index (χ0v) is 32.6. The Morgan fingerprint density at radius 1 is 0.333 bits per heavy atom. The summed E-state index contributed by atoms with van der Waals surface area (Å²) in [7, 11) is 0. The average Bonchev–Trinajstić information content (AvgIpc) is 3.61. The van der Waals surface area contributed by atoms with Gasteiger partial charge in [-0.3, -0.25) is 5.01 Å². The fourth-order valence-corrected chi connectivity index (χ4v) is 10.9. The molecule has 0 amide bonds. The van der Waals surface area contributed by atoms with Gasteiger partial charge in [0, 0.05) is 43.7 Å². The summed E-state index contributed by atoms with van der Waals surface area (Å²) in [5.41, 5.74) is 12.5. The number of aromatic nitrogens is 2. The lowest BCUT2D eigenvalue weighted by Gasteiger charge is -2.18. The fraction of sp³-hybridized carbons (Fsp3) is 0.0357. The molecule has 2 aromatic heterocycles. The van der Waals surface area contributed by atoms with E-state index < -0.39 is 0 Å². The topological polar surface area (TPSA) is 15.9 Å². The van der Waals surface area contributed by atoms with Crippen molar-refractivity contribution in [2.24, 2.45) is 0 Å². The summed E-state index contributed by atoms with van der Waals surface area (Å²) in [5, 5.41) is 17.7. The van der Waals surface area contributed by atoms with Crippen LogP contribution in [-0.4, -0.2) is 14.1 Å². The lowest BCUT2D eigenvalue weighted by atomic mass is 9.95. The van der Waals surface area contributed by atoms with E-state index >= 15 is 0 Å². The molecule has 3 unspecified atom stereocenters. The van der Waals surface area contributed by atoms with Crippen molar-refractivity contribution < 1.29 is 0 Å². The molecule has 280 valence electrons. The SMILES string of the molecule is c1ccc(C2c3ccccc3N3C(c4ccc(-n5c6cc7c(cc6c6c8ccccc8ccc65)c5c6ccccc6ccc5n7-c5ccccc5)c5ccccc45)N23)cc1. The smallest absolute Gasteiger partial charge is 0.142 e. The van der Waals surface area contributed by atoms with Crippen LogP contribution in [0.25, 0.3) is 87.3 Å². The zero-order valence-electron chi connectivity index (χ0n) is 32.6. The fourth-order valence-electron chi connectivity index (χ4n) is 10.9. The van der Waals surface area contributed by atoms with Gasteiger partial charge in [0.1, 0.15) is 6.17 Å². The predicted molar refractivity (Wildman–Crippen MR) is 249 cm³/mol. The number of hydrazine groups is 1. The van der Waals surface area contributed by atoms with Crippen LogP contribution in [0.15, 0.2) is 206 Å². The first-order valence-electron chi connectivity index (χ1n) is 20.9. The molecule has 4 heteroatoms. The molecule has 3 atom stereocenters. The molecule has 60 heavy (non-hydrogen) atoms. The lowest BCUT2D eigenvalue weighted by molar-refractivity contribution is 0.447. The van der Waals surface area contributed by atoms with E-state index in [2.05, 4.69) is 225 Å². The van der Waals surface area contributed by atoms with Crippen molar-refractivity contribution in [2.75, 3.05) is 5.01 Å². The van der Waals surface area contributed by atoms with Crippen LogP contribution in [0.5, 0.6) is 0 Å². The molecule has 12 aromatic rings. The second-order valence-corrected chi connectivity index (χ2v) is 16.4. The highest BCUT2D eigenvalue weighted by Gasteiger charge is 2.58. The summed E-state index contributed by atoms with van der Waals surface area (Å²) in [6.45, 7) is 0. The van der Waals surface area contributed by atoms with Crippen LogP contribution >= 0.6 is 0 Å². The van der Waals surface area contributed by atoms with E-state index in [9.17, 15) is 0 Å². The van der Waals surface area contributed by atoms with Gasteiger partial charge in [0.15, 0.2) is 0 Å². The Morgan fingerprint density at radius 2 is 0.900 bits per heavy atom. The van der Waals surface area contributed by atoms with Gasteiger partial charge in [-0.1, -0.05) is 158 Å². The minimum atomic E-state index is 0.141. The van der Waals surface area contributed by atoms with Crippen LogP contribution in [-0.2, 0) is 0 Å². The third-order valence-electron chi connectivity index (χ3n) is 13.4. The quantitative estimate of drug-likeness (QED) is 0.166. The van der Waals surface area contributed by atoms with Crippen molar-refractivity contribution >= 4 is 81.6 Å². The molecule has 2 aliphatic heterocycles. The molecular weight excluding hydrogens is 729 g/mol. The summed E-state index contributed by atoms with van der Waals surface area (Å²) in [5.74, 6) is 0. The number of anilines is 1. The molecule has 0 aliphatic carbocycles. The third-order valence-corrected chi connectivity index (χ3v) is 13.4. The molecule has 10 aromatic carbocycles. The van der Waals surface area contributed by atoms with Gasteiger partial charge in [-0.25, -0.2) is 0 Å². The summed E-state index contributed by atoms with van der Waals surface area (Å²) >= 11 is 0. The third kappa shape index (κ3) is 4.27. The number of rotatable bonds is 4.